The minimum atomic E-state index is 0.00930. The summed E-state index contributed by atoms with van der Waals surface area (Å²) < 4.78 is 0. The molecule has 1 aromatic carbocycles. The van der Waals surface area contributed by atoms with Gasteiger partial charge < -0.3 is 15.5 Å². The molecule has 0 aromatic heterocycles. The van der Waals surface area contributed by atoms with Gasteiger partial charge in [0.1, 0.15) is 11.5 Å². The van der Waals surface area contributed by atoms with Crippen LogP contribution in [0.5, 0.6) is 11.5 Å². The van der Waals surface area contributed by atoms with Gasteiger partial charge in [0.25, 0.3) is 0 Å². The van der Waals surface area contributed by atoms with Crippen LogP contribution in [0.15, 0.2) is 24.4 Å². The fraction of sp³-hybridized carbons (Fsp3) is 0.333. The molecule has 0 amide bonds. The van der Waals surface area contributed by atoms with Crippen LogP contribution in [-0.4, -0.2) is 15.8 Å². The number of nitrogens with one attached hydrogen (secondary N) is 1. The highest BCUT2D eigenvalue weighted by molar-refractivity contribution is 5.54. The van der Waals surface area contributed by atoms with E-state index in [1.807, 2.05) is 0 Å². The van der Waals surface area contributed by atoms with Crippen molar-refractivity contribution in [2.24, 2.45) is 0 Å². The third kappa shape index (κ3) is 4.40. The predicted octanol–water partition coefficient (Wildman–Crippen LogP) is 2.46. The van der Waals surface area contributed by atoms with Crippen molar-refractivity contribution < 1.29 is 10.2 Å². The Hall–Kier alpha value is -1.64. The van der Waals surface area contributed by atoms with E-state index in [1.165, 1.54) is 6.07 Å². The number of phenolic OH excluding ortho intramolecular Hbond substituents is 2. The maximum atomic E-state index is 9.24. The van der Waals surface area contributed by atoms with Gasteiger partial charge in [-0.15, -0.1) is 0 Å². The van der Waals surface area contributed by atoms with Crippen LogP contribution < -0.4 is 5.32 Å². The van der Waals surface area contributed by atoms with Gasteiger partial charge in [-0.2, -0.15) is 0 Å². The molecule has 0 radical (unpaired) electrons. The van der Waals surface area contributed by atoms with E-state index in [1.54, 1.807) is 24.4 Å². The number of aromatic hydroxyl groups is 2. The second-order valence-corrected chi connectivity index (χ2v) is 4.51. The van der Waals surface area contributed by atoms with Gasteiger partial charge in [0, 0.05) is 11.6 Å². The van der Waals surface area contributed by atoms with Crippen LogP contribution in [0.2, 0.25) is 0 Å². The van der Waals surface area contributed by atoms with Crippen molar-refractivity contribution in [3.8, 4) is 11.5 Å². The first-order chi connectivity index (χ1) is 6.87. The second-order valence-electron chi connectivity index (χ2n) is 4.51. The van der Waals surface area contributed by atoms with Crippen molar-refractivity contribution in [1.82, 2.24) is 5.32 Å². The normalized spacial score (nSPS) is 11.9. The lowest BCUT2D eigenvalue weighted by Crippen LogP contribution is -2.30. The number of hydrogen-bond acceptors (Lipinski definition) is 3. The zero-order valence-corrected chi connectivity index (χ0v) is 9.28. The third-order valence-electron chi connectivity index (χ3n) is 1.72. The largest absolute Gasteiger partial charge is 0.508 e. The third-order valence-corrected chi connectivity index (χ3v) is 1.72. The van der Waals surface area contributed by atoms with E-state index >= 15 is 0 Å². The average molecular weight is 207 g/mol. The van der Waals surface area contributed by atoms with Crippen LogP contribution in [0, 0.1) is 0 Å². The number of benzene rings is 1. The van der Waals surface area contributed by atoms with Gasteiger partial charge in [0.15, 0.2) is 0 Å². The van der Waals surface area contributed by atoms with Crippen LogP contribution in [0.4, 0.5) is 0 Å². The molecule has 0 unspecified atom stereocenters. The van der Waals surface area contributed by atoms with E-state index in [9.17, 15) is 10.2 Å². The van der Waals surface area contributed by atoms with Crippen molar-refractivity contribution in [2.75, 3.05) is 0 Å². The maximum absolute atomic E-state index is 9.24. The molecule has 0 aliphatic rings. The van der Waals surface area contributed by atoms with Gasteiger partial charge in [0.05, 0.1) is 0 Å². The topological polar surface area (TPSA) is 52.5 Å². The van der Waals surface area contributed by atoms with Gasteiger partial charge in [-0.25, -0.2) is 0 Å². The lowest BCUT2D eigenvalue weighted by molar-refractivity contribution is 0.450. The van der Waals surface area contributed by atoms with Crippen molar-refractivity contribution >= 4 is 6.08 Å². The summed E-state index contributed by atoms with van der Waals surface area (Å²) in [6, 6.07) is 4.47. The van der Waals surface area contributed by atoms with Gasteiger partial charge in [-0.05, 0) is 50.7 Å². The Bertz CT molecular complexity index is 344. The minimum absolute atomic E-state index is 0.00930. The summed E-state index contributed by atoms with van der Waals surface area (Å²) in [6.07, 6.45) is 3.60. The Balaban J connectivity index is 2.72. The molecular formula is C12H17NO2. The van der Waals surface area contributed by atoms with Crippen molar-refractivity contribution in [1.29, 1.82) is 0 Å². The molecule has 1 rings (SSSR count). The van der Waals surface area contributed by atoms with Gasteiger partial charge in [-0.3, -0.25) is 0 Å². The van der Waals surface area contributed by atoms with Gasteiger partial charge in [-0.1, -0.05) is 0 Å². The lowest BCUT2D eigenvalue weighted by atomic mass is 10.1. The van der Waals surface area contributed by atoms with Crippen molar-refractivity contribution in [3.63, 3.8) is 0 Å². The van der Waals surface area contributed by atoms with Gasteiger partial charge >= 0.3 is 0 Å². The van der Waals surface area contributed by atoms with E-state index < -0.39 is 0 Å². The summed E-state index contributed by atoms with van der Waals surface area (Å²) in [4.78, 5) is 0. The molecule has 0 aliphatic heterocycles. The molecule has 1 aromatic rings. The molecule has 0 atom stereocenters. The highest BCUT2D eigenvalue weighted by atomic mass is 16.3. The summed E-state index contributed by atoms with van der Waals surface area (Å²) in [7, 11) is 0. The highest BCUT2D eigenvalue weighted by Gasteiger charge is 2.04. The molecule has 3 heteroatoms. The zero-order valence-electron chi connectivity index (χ0n) is 9.28. The quantitative estimate of drug-likeness (QED) is 0.698. The first kappa shape index (κ1) is 11.4. The zero-order chi connectivity index (χ0) is 11.5. The molecule has 0 bridgehead atoms. The molecule has 3 N–H and O–H groups in total. The number of rotatable bonds is 2. The summed E-state index contributed by atoms with van der Waals surface area (Å²) >= 11 is 0. The molecule has 0 fully saturated rings. The SMILES string of the molecule is CC(C)(C)NC=Cc1cc(O)cc(O)c1. The van der Waals surface area contributed by atoms with Crippen LogP contribution in [0.1, 0.15) is 26.3 Å². The summed E-state index contributed by atoms with van der Waals surface area (Å²) in [5, 5.41) is 21.6. The fourth-order valence-corrected chi connectivity index (χ4v) is 1.10. The molecule has 0 saturated carbocycles. The Morgan fingerprint density at radius 1 is 1.07 bits per heavy atom. The van der Waals surface area contributed by atoms with Gasteiger partial charge in [0.2, 0.25) is 0 Å². The molecule has 82 valence electrons. The molecule has 0 heterocycles. The van der Waals surface area contributed by atoms with E-state index in [-0.39, 0.29) is 17.0 Å². The van der Waals surface area contributed by atoms with Crippen molar-refractivity contribution in [2.45, 2.75) is 26.3 Å². The average Bonchev–Trinajstić information content (AvgIpc) is 1.99. The van der Waals surface area contributed by atoms with Crippen LogP contribution in [0.25, 0.3) is 6.08 Å². The van der Waals surface area contributed by atoms with Crippen LogP contribution in [-0.2, 0) is 0 Å². The standard InChI is InChI=1S/C12H17NO2/c1-12(2,3)13-5-4-9-6-10(14)8-11(15)7-9/h4-8,13-15H,1-3H3. The molecule has 15 heavy (non-hydrogen) atoms. The van der Waals surface area contributed by atoms with Crippen molar-refractivity contribution in [3.05, 3.63) is 30.0 Å². The molecule has 0 spiro atoms. The summed E-state index contributed by atoms with van der Waals surface area (Å²) in [5.41, 5.74) is 0.763. The predicted molar refractivity (Wildman–Crippen MR) is 61.7 cm³/mol. The first-order valence-electron chi connectivity index (χ1n) is 4.84. The smallest absolute Gasteiger partial charge is 0.119 e. The van der Waals surface area contributed by atoms with E-state index in [4.69, 9.17) is 0 Å². The fourth-order valence-electron chi connectivity index (χ4n) is 1.10. The molecule has 0 saturated heterocycles. The molecule has 0 aliphatic carbocycles. The lowest BCUT2D eigenvalue weighted by Gasteiger charge is -2.18. The Labute approximate surface area is 90.1 Å². The second kappa shape index (κ2) is 4.26. The first-order valence-corrected chi connectivity index (χ1v) is 4.84. The Kier molecular flexibility index (Phi) is 3.24. The Morgan fingerprint density at radius 3 is 2.07 bits per heavy atom. The molecule has 3 nitrogen and oxygen atoms in total. The van der Waals surface area contributed by atoms with Crippen LogP contribution >= 0.6 is 0 Å². The Morgan fingerprint density at radius 2 is 1.60 bits per heavy atom. The van der Waals surface area contributed by atoms with E-state index in [0.717, 1.165) is 5.56 Å². The van der Waals surface area contributed by atoms with E-state index in [0.29, 0.717) is 0 Å². The number of phenols is 2. The summed E-state index contributed by atoms with van der Waals surface area (Å²) in [5.74, 6) is 0.121. The van der Waals surface area contributed by atoms with Crippen LogP contribution in [0.3, 0.4) is 0 Å². The minimum Gasteiger partial charge on any atom is -0.508 e. The van der Waals surface area contributed by atoms with E-state index in [2.05, 4.69) is 26.1 Å². The highest BCUT2D eigenvalue weighted by Crippen LogP contribution is 2.21. The monoisotopic (exact) mass is 207 g/mol. The number of hydrogen-bond donors (Lipinski definition) is 3. The maximum Gasteiger partial charge on any atom is 0.119 e. The molecular weight excluding hydrogens is 190 g/mol. The summed E-state index contributed by atoms with van der Waals surface area (Å²) in [6.45, 7) is 6.16.